The van der Waals surface area contributed by atoms with Crippen LogP contribution in [-0.2, 0) is 19.9 Å². The molecule has 1 heterocycles. The van der Waals surface area contributed by atoms with Crippen LogP contribution in [0.4, 0.5) is 0 Å². The molecule has 1 rings (SSSR count). The highest BCUT2D eigenvalue weighted by Gasteiger charge is 2.19. The van der Waals surface area contributed by atoms with Crippen LogP contribution in [0.2, 0.25) is 5.02 Å². The minimum atomic E-state index is -0.383. The van der Waals surface area contributed by atoms with Crippen molar-refractivity contribution in [3.63, 3.8) is 0 Å². The Morgan fingerprint density at radius 2 is 2.06 bits per heavy atom. The molecular formula is C13H23ClN2OS. The van der Waals surface area contributed by atoms with Gasteiger partial charge in [-0.05, 0) is 6.42 Å². The van der Waals surface area contributed by atoms with Crippen LogP contribution < -0.4 is 0 Å². The number of thioether (sulfide) groups is 1. The van der Waals surface area contributed by atoms with Crippen molar-refractivity contribution in [2.45, 2.75) is 51.4 Å². The predicted octanol–water partition coefficient (Wildman–Crippen LogP) is 3.07. The third-order valence-corrected chi connectivity index (χ3v) is 4.49. The fraction of sp³-hybridized carbons (Fsp3) is 0.769. The summed E-state index contributed by atoms with van der Waals surface area (Å²) in [6, 6.07) is 0. The summed E-state index contributed by atoms with van der Waals surface area (Å²) in [5.41, 5.74) is 1.83. The minimum Gasteiger partial charge on any atom is -0.392 e. The number of halogens is 1. The van der Waals surface area contributed by atoms with Crippen molar-refractivity contribution >= 4 is 23.4 Å². The maximum atomic E-state index is 10.1. The van der Waals surface area contributed by atoms with Crippen LogP contribution >= 0.6 is 23.4 Å². The van der Waals surface area contributed by atoms with Crippen molar-refractivity contribution in [2.24, 2.45) is 7.05 Å². The number of nitrogens with zero attached hydrogens (tertiary/aromatic N) is 2. The van der Waals surface area contributed by atoms with E-state index in [0.29, 0.717) is 17.2 Å². The molecule has 1 aromatic heterocycles. The molecule has 1 N–H and O–H groups in total. The first-order chi connectivity index (χ1) is 8.24. The summed E-state index contributed by atoms with van der Waals surface area (Å²) in [4.78, 5) is 0. The van der Waals surface area contributed by atoms with Gasteiger partial charge in [0.05, 0.1) is 22.5 Å². The number of aryl methyl sites for hydroxylation is 2. The van der Waals surface area contributed by atoms with Gasteiger partial charge in [-0.3, -0.25) is 4.68 Å². The Morgan fingerprint density at radius 3 is 2.50 bits per heavy atom. The Labute approximate surface area is 119 Å². The van der Waals surface area contributed by atoms with Crippen molar-refractivity contribution in [1.29, 1.82) is 0 Å². The average molecular weight is 291 g/mol. The van der Waals surface area contributed by atoms with Gasteiger partial charge in [0.25, 0.3) is 0 Å². The van der Waals surface area contributed by atoms with Gasteiger partial charge in [0.15, 0.2) is 0 Å². The Bertz CT molecular complexity index is 398. The molecule has 104 valence electrons. The van der Waals surface area contributed by atoms with Crippen molar-refractivity contribution in [3.05, 3.63) is 16.4 Å². The molecule has 1 aromatic rings. The lowest BCUT2D eigenvalue weighted by Gasteiger charge is -2.20. The lowest BCUT2D eigenvalue weighted by molar-refractivity contribution is 0.197. The van der Waals surface area contributed by atoms with Gasteiger partial charge in [-0.15, -0.1) is 0 Å². The highest BCUT2D eigenvalue weighted by atomic mass is 35.5. The van der Waals surface area contributed by atoms with Gasteiger partial charge in [-0.1, -0.05) is 39.3 Å². The summed E-state index contributed by atoms with van der Waals surface area (Å²) >= 11 is 8.03. The van der Waals surface area contributed by atoms with Crippen LogP contribution in [0.25, 0.3) is 0 Å². The minimum absolute atomic E-state index is 0.172. The Balaban J connectivity index is 2.64. The van der Waals surface area contributed by atoms with Gasteiger partial charge < -0.3 is 5.11 Å². The number of aromatic nitrogens is 2. The maximum Gasteiger partial charge on any atom is 0.0850 e. The second-order valence-electron chi connectivity index (χ2n) is 5.47. The van der Waals surface area contributed by atoms with Crippen LogP contribution in [0.5, 0.6) is 0 Å². The molecule has 0 radical (unpaired) electrons. The van der Waals surface area contributed by atoms with E-state index in [1.165, 1.54) is 0 Å². The Morgan fingerprint density at radius 1 is 1.44 bits per heavy atom. The van der Waals surface area contributed by atoms with E-state index in [4.69, 9.17) is 11.6 Å². The first-order valence-electron chi connectivity index (χ1n) is 6.27. The van der Waals surface area contributed by atoms with Gasteiger partial charge in [0, 0.05) is 24.0 Å². The third kappa shape index (κ3) is 4.48. The van der Waals surface area contributed by atoms with Gasteiger partial charge in [0.2, 0.25) is 0 Å². The Hall–Kier alpha value is -0.190. The molecule has 0 aromatic carbocycles. The second kappa shape index (κ2) is 6.31. The van der Waals surface area contributed by atoms with E-state index in [1.807, 2.05) is 14.0 Å². The van der Waals surface area contributed by atoms with E-state index in [9.17, 15) is 5.11 Å². The lowest BCUT2D eigenvalue weighted by atomic mass is 10.2. The molecule has 18 heavy (non-hydrogen) atoms. The van der Waals surface area contributed by atoms with E-state index in [2.05, 4.69) is 25.9 Å². The number of hydrogen-bond acceptors (Lipinski definition) is 3. The van der Waals surface area contributed by atoms with E-state index < -0.39 is 0 Å². The van der Waals surface area contributed by atoms with Crippen molar-refractivity contribution < 1.29 is 5.11 Å². The molecule has 0 saturated carbocycles. The van der Waals surface area contributed by atoms with Crippen LogP contribution in [0.15, 0.2) is 0 Å². The zero-order chi connectivity index (χ0) is 13.9. The second-order valence-corrected chi connectivity index (χ2v) is 7.69. The summed E-state index contributed by atoms with van der Waals surface area (Å²) < 4.78 is 1.96. The number of hydrogen-bond donors (Lipinski definition) is 1. The largest absolute Gasteiger partial charge is 0.392 e. The molecular weight excluding hydrogens is 268 g/mol. The number of rotatable bonds is 5. The zero-order valence-corrected chi connectivity index (χ0v) is 13.4. The first kappa shape index (κ1) is 15.9. The molecule has 1 atom stereocenters. The van der Waals surface area contributed by atoms with Gasteiger partial charge in [-0.25, -0.2) is 0 Å². The number of aliphatic hydroxyl groups excluding tert-OH is 1. The van der Waals surface area contributed by atoms with Crippen LogP contribution in [0.3, 0.4) is 0 Å². The van der Waals surface area contributed by atoms with E-state index in [0.717, 1.165) is 17.8 Å². The molecule has 5 heteroatoms. The SMILES string of the molecule is CCc1nn(C)c(CC(O)CSC(C)(C)C)c1Cl. The van der Waals surface area contributed by atoms with E-state index in [1.54, 1.807) is 16.4 Å². The summed E-state index contributed by atoms with van der Waals surface area (Å²) in [6.45, 7) is 8.48. The average Bonchev–Trinajstić information content (AvgIpc) is 2.53. The molecule has 0 aliphatic rings. The summed E-state index contributed by atoms with van der Waals surface area (Å²) in [7, 11) is 1.88. The van der Waals surface area contributed by atoms with Gasteiger partial charge in [0.1, 0.15) is 0 Å². The molecule has 0 amide bonds. The maximum absolute atomic E-state index is 10.1. The molecule has 0 spiro atoms. The normalized spacial score (nSPS) is 13.9. The molecule has 0 aliphatic carbocycles. The molecule has 0 aliphatic heterocycles. The topological polar surface area (TPSA) is 38.0 Å². The fourth-order valence-electron chi connectivity index (χ4n) is 1.67. The van der Waals surface area contributed by atoms with Crippen molar-refractivity contribution in [2.75, 3.05) is 5.75 Å². The highest BCUT2D eigenvalue weighted by Crippen LogP contribution is 2.26. The summed E-state index contributed by atoms with van der Waals surface area (Å²) in [5.74, 6) is 0.715. The molecule has 3 nitrogen and oxygen atoms in total. The van der Waals surface area contributed by atoms with E-state index in [-0.39, 0.29) is 10.9 Å². The quantitative estimate of drug-likeness (QED) is 0.906. The highest BCUT2D eigenvalue weighted by molar-refractivity contribution is 8.00. The Kier molecular flexibility index (Phi) is 5.56. The molecule has 0 fully saturated rings. The van der Waals surface area contributed by atoms with Crippen molar-refractivity contribution in [1.82, 2.24) is 9.78 Å². The predicted molar refractivity (Wildman–Crippen MR) is 79.5 cm³/mol. The van der Waals surface area contributed by atoms with Crippen LogP contribution in [0.1, 0.15) is 39.1 Å². The zero-order valence-electron chi connectivity index (χ0n) is 11.8. The smallest absolute Gasteiger partial charge is 0.0850 e. The number of aliphatic hydroxyl groups is 1. The molecule has 0 saturated heterocycles. The monoisotopic (exact) mass is 290 g/mol. The first-order valence-corrected chi connectivity index (χ1v) is 7.63. The van der Waals surface area contributed by atoms with Crippen molar-refractivity contribution in [3.8, 4) is 0 Å². The fourth-order valence-corrected chi connectivity index (χ4v) is 2.85. The third-order valence-electron chi connectivity index (χ3n) is 2.64. The van der Waals surface area contributed by atoms with Crippen LogP contribution in [-0.4, -0.2) is 31.5 Å². The van der Waals surface area contributed by atoms with Gasteiger partial charge >= 0.3 is 0 Å². The molecule has 0 bridgehead atoms. The van der Waals surface area contributed by atoms with Crippen LogP contribution in [0, 0.1) is 0 Å². The lowest BCUT2D eigenvalue weighted by Crippen LogP contribution is -2.20. The van der Waals surface area contributed by atoms with Gasteiger partial charge in [-0.2, -0.15) is 16.9 Å². The standard InChI is InChI=1S/C13H23ClN2OS/c1-6-10-12(14)11(16(5)15-10)7-9(17)8-18-13(2,3)4/h9,17H,6-8H2,1-5H3. The summed E-state index contributed by atoms with van der Waals surface area (Å²) in [6.07, 6.45) is 0.997. The molecule has 1 unspecified atom stereocenters. The summed E-state index contributed by atoms with van der Waals surface area (Å²) in [5, 5.41) is 15.1. The van der Waals surface area contributed by atoms with E-state index >= 15 is 0 Å².